The summed E-state index contributed by atoms with van der Waals surface area (Å²) in [6.45, 7) is 10.7. The minimum atomic E-state index is -0.158. The van der Waals surface area contributed by atoms with Gasteiger partial charge in [0.2, 0.25) is 5.36 Å². The van der Waals surface area contributed by atoms with Crippen LogP contribution in [-0.4, -0.2) is 39.0 Å². The zero-order chi connectivity index (χ0) is 35.9. The average Bonchev–Trinajstić information content (AvgIpc) is 3.13. The number of rotatable bonds is 1. The average molecular weight is 681 g/mol. The number of allylic oxidation sites excluding steroid dienone is 3. The molecular weight excluding hydrogens is 647 g/mol. The van der Waals surface area contributed by atoms with E-state index in [1.165, 1.54) is 0 Å². The van der Waals surface area contributed by atoms with E-state index >= 15 is 0 Å². The van der Waals surface area contributed by atoms with Gasteiger partial charge in [-0.15, -0.1) is 0 Å². The van der Waals surface area contributed by atoms with E-state index in [0.717, 1.165) is 86.1 Å². The molecule has 10 heteroatoms. The van der Waals surface area contributed by atoms with Gasteiger partial charge in [-0.05, 0) is 41.5 Å². The van der Waals surface area contributed by atoms with Gasteiger partial charge in [-0.25, -0.2) is 14.7 Å². The van der Waals surface area contributed by atoms with E-state index in [9.17, 15) is 10.4 Å². The van der Waals surface area contributed by atoms with Crippen LogP contribution in [0.4, 0.5) is 34.1 Å². The molecule has 10 rings (SSSR count). The molecule has 4 aliphatic rings. The maximum absolute atomic E-state index is 12.7. The molecule has 9 N–H and O–H groups in total. The third kappa shape index (κ3) is 3.48. The fraction of sp³-hybridized carbons (Fsp3) is 0.167. The zero-order valence-corrected chi connectivity index (χ0v) is 28.7. The van der Waals surface area contributed by atoms with E-state index in [2.05, 4.69) is 37.4 Å². The lowest BCUT2D eigenvalue weighted by Crippen LogP contribution is -2.42. The molecular formula is C42H34N9O+. The van der Waals surface area contributed by atoms with Gasteiger partial charge in [0.1, 0.15) is 18.8 Å². The molecule has 0 saturated carbocycles. The highest BCUT2D eigenvalue weighted by atomic mass is 16.3. The summed E-state index contributed by atoms with van der Waals surface area (Å²) in [4.78, 5) is 8.09. The molecule has 0 unspecified atom stereocenters. The number of nitrogens with two attached hydrogens (primary N) is 4. The number of nitrogen functional groups attached to an aromatic ring is 4. The van der Waals surface area contributed by atoms with Gasteiger partial charge >= 0.3 is 0 Å². The van der Waals surface area contributed by atoms with Gasteiger partial charge in [0.25, 0.3) is 5.70 Å². The van der Waals surface area contributed by atoms with Gasteiger partial charge in [0.15, 0.2) is 0 Å². The number of aliphatic hydroxyl groups excluding tert-OH is 1. The number of benzene rings is 6. The molecule has 0 aromatic heterocycles. The van der Waals surface area contributed by atoms with Gasteiger partial charge in [-0.3, -0.25) is 0 Å². The lowest BCUT2D eigenvalue weighted by atomic mass is 9.72. The van der Waals surface area contributed by atoms with Crippen molar-refractivity contribution in [2.45, 2.75) is 12.8 Å². The smallest absolute Gasteiger partial charge is 0.270 e. The number of aliphatic hydroxyl groups is 1. The lowest BCUT2D eigenvalue weighted by molar-refractivity contribution is 0.434. The normalized spacial score (nSPS) is 17.0. The van der Waals surface area contributed by atoms with Crippen LogP contribution in [0.5, 0.6) is 0 Å². The van der Waals surface area contributed by atoms with Gasteiger partial charge in [0.05, 0.1) is 35.8 Å². The van der Waals surface area contributed by atoms with E-state index in [-0.39, 0.29) is 11.5 Å². The number of hydrogen-bond donors (Lipinski definition) is 5. The van der Waals surface area contributed by atoms with Crippen LogP contribution in [0.2, 0.25) is 0 Å². The Kier molecular flexibility index (Phi) is 5.81. The first-order valence-corrected chi connectivity index (χ1v) is 17.3. The van der Waals surface area contributed by atoms with Crippen molar-refractivity contribution in [2.75, 3.05) is 66.6 Å². The predicted molar refractivity (Wildman–Crippen MR) is 212 cm³/mol. The molecule has 0 saturated heterocycles. The molecule has 0 fully saturated rings. The molecule has 6 aromatic rings. The molecule has 0 bridgehead atoms. The second kappa shape index (κ2) is 10.1. The Balaban J connectivity index is 1.51. The molecule has 52 heavy (non-hydrogen) atoms. The van der Waals surface area contributed by atoms with Crippen LogP contribution in [-0.2, 0) is 12.8 Å². The summed E-state index contributed by atoms with van der Waals surface area (Å²) >= 11 is 0. The summed E-state index contributed by atoms with van der Waals surface area (Å²) in [6, 6.07) is 19.8. The summed E-state index contributed by atoms with van der Waals surface area (Å²) in [5.74, 6) is -0.0653. The Hall–Kier alpha value is -6.91. The summed E-state index contributed by atoms with van der Waals surface area (Å²) in [5, 5.41) is 31.9. The van der Waals surface area contributed by atoms with Crippen molar-refractivity contribution in [3.8, 4) is 6.07 Å². The molecule has 0 radical (unpaired) electrons. The highest BCUT2D eigenvalue weighted by Crippen LogP contribution is 2.56. The summed E-state index contributed by atoms with van der Waals surface area (Å²) in [6.07, 6.45) is 1.69. The molecule has 3 aliphatic heterocycles. The predicted octanol–water partition coefficient (Wildman–Crippen LogP) is 4.91. The molecule has 3 heterocycles. The van der Waals surface area contributed by atoms with Gasteiger partial charge in [0, 0.05) is 115 Å². The van der Waals surface area contributed by atoms with Crippen LogP contribution in [0.1, 0.15) is 16.7 Å². The van der Waals surface area contributed by atoms with Crippen molar-refractivity contribution in [3.63, 3.8) is 0 Å². The van der Waals surface area contributed by atoms with E-state index in [1.807, 2.05) is 56.6 Å². The highest BCUT2D eigenvalue weighted by molar-refractivity contribution is 6.32. The van der Waals surface area contributed by atoms with Crippen LogP contribution in [0.25, 0.3) is 59.1 Å². The molecule has 6 aromatic carbocycles. The molecule has 10 nitrogen and oxygen atoms in total. The first-order valence-electron chi connectivity index (χ1n) is 17.3. The summed E-state index contributed by atoms with van der Waals surface area (Å²) in [7, 11) is 4.06. The van der Waals surface area contributed by atoms with E-state index in [1.54, 1.807) is 0 Å². The van der Waals surface area contributed by atoms with Crippen molar-refractivity contribution in [1.82, 2.24) is 4.58 Å². The quantitative estimate of drug-likeness (QED) is 0.0539. The van der Waals surface area contributed by atoms with Crippen molar-refractivity contribution >= 4 is 88.4 Å². The third-order valence-corrected chi connectivity index (χ3v) is 11.7. The number of nitriles is 1. The van der Waals surface area contributed by atoms with Crippen LogP contribution in [0.15, 0.2) is 71.6 Å². The van der Waals surface area contributed by atoms with E-state index in [4.69, 9.17) is 29.5 Å². The molecule has 0 spiro atoms. The number of anilines is 6. The second-order valence-corrected chi connectivity index (χ2v) is 14.3. The third-order valence-electron chi connectivity index (χ3n) is 11.7. The van der Waals surface area contributed by atoms with Gasteiger partial charge in [-0.2, -0.15) is 0 Å². The van der Waals surface area contributed by atoms with E-state index in [0.29, 0.717) is 67.7 Å². The Morgan fingerprint density at radius 3 is 2.02 bits per heavy atom. The SMILES string of the molecule is [C-]#[N+]/C(C#N)=C1/C(c2c3c(N)cccc3c3c4c(ccc(N)c24)N(C)CN3C)=C(O)C1=c1c2c(N)ccc3c2c2c4c(ccc(N)c14)CC[N+]=2CC3. The monoisotopic (exact) mass is 680 g/mol. The maximum atomic E-state index is 12.7. The minimum absolute atomic E-state index is 0.0653. The van der Waals surface area contributed by atoms with Gasteiger partial charge < -0.3 is 37.8 Å². The Bertz CT molecular complexity index is 2950. The number of nitrogens with zero attached hydrogens (tertiary/aromatic N) is 5. The summed E-state index contributed by atoms with van der Waals surface area (Å²) in [5.41, 5.74) is 35.4. The van der Waals surface area contributed by atoms with Crippen molar-refractivity contribution in [3.05, 3.63) is 110 Å². The number of hydrogen-bond acceptors (Lipinski definition) is 8. The Morgan fingerprint density at radius 2 is 1.38 bits per heavy atom. The first-order chi connectivity index (χ1) is 25.2. The van der Waals surface area contributed by atoms with E-state index < -0.39 is 0 Å². The fourth-order valence-corrected chi connectivity index (χ4v) is 9.62. The standard InChI is InChI=1S/C42H33N9O/c1-48-26(17-43)34-38(36-30-21(5-4-6-22(30)44)40-35-27(49(2)18-50(40)3)12-11-25(47)33(35)36)42(52)39(34)37-31-23(45)9-7-19-13-15-51-16-14-20-8-10-24(46)32(37)29(20)41(51)28(19)31/h4-12H,13-16,18,44-47H2,2-3H3/p+1/b34-26-. The van der Waals surface area contributed by atoms with Crippen molar-refractivity contribution in [1.29, 1.82) is 5.26 Å². The van der Waals surface area contributed by atoms with Crippen molar-refractivity contribution in [2.24, 2.45) is 0 Å². The summed E-state index contributed by atoms with van der Waals surface area (Å²) < 4.78 is 2.41. The molecule has 252 valence electrons. The van der Waals surface area contributed by atoms with Crippen LogP contribution in [0, 0.1) is 17.9 Å². The van der Waals surface area contributed by atoms with Gasteiger partial charge in [-0.1, -0.05) is 24.3 Å². The largest absolute Gasteiger partial charge is 0.507 e. The molecule has 1 aliphatic carbocycles. The minimum Gasteiger partial charge on any atom is -0.507 e. The second-order valence-electron chi connectivity index (χ2n) is 14.3. The maximum Gasteiger partial charge on any atom is 0.270 e. The van der Waals surface area contributed by atoms with Crippen LogP contribution in [0.3, 0.4) is 0 Å². The first kappa shape index (κ1) is 30.0. The molecule has 0 atom stereocenters. The Morgan fingerprint density at radius 1 is 0.769 bits per heavy atom. The van der Waals surface area contributed by atoms with Crippen LogP contribution < -0.4 is 47.9 Å². The molecule has 0 amide bonds. The Labute approximate surface area is 298 Å². The topological polar surface area (TPSA) is 162 Å². The van der Waals surface area contributed by atoms with Crippen LogP contribution >= 0.6 is 0 Å². The lowest BCUT2D eigenvalue weighted by Gasteiger charge is -2.38. The number of fused-ring (bicyclic) bond motifs is 2. The van der Waals surface area contributed by atoms with Crippen molar-refractivity contribution < 1.29 is 5.11 Å². The zero-order valence-electron chi connectivity index (χ0n) is 28.7. The highest BCUT2D eigenvalue weighted by Gasteiger charge is 2.40. The fourth-order valence-electron chi connectivity index (χ4n) is 9.62.